The van der Waals surface area contributed by atoms with Gasteiger partial charge >= 0.3 is 0 Å². The van der Waals surface area contributed by atoms with Gasteiger partial charge in [0, 0.05) is 37.2 Å². The number of hydrogen-bond acceptors (Lipinski definition) is 6. The number of ether oxygens (including phenoxy) is 1. The number of rotatable bonds is 9. The van der Waals surface area contributed by atoms with E-state index in [9.17, 15) is 4.79 Å². The maximum Gasteiger partial charge on any atom is 0.214 e. The SMILES string of the molecule is COCCCn1c(C)cc(C(=O)CSc2nnnn2-c2ccc(C)cc2C)c1C. The summed E-state index contributed by atoms with van der Waals surface area (Å²) in [5.41, 5.74) is 6.05. The highest BCUT2D eigenvalue weighted by Crippen LogP contribution is 2.24. The molecular weight excluding hydrogens is 386 g/mol. The van der Waals surface area contributed by atoms with Crippen molar-refractivity contribution < 1.29 is 9.53 Å². The van der Waals surface area contributed by atoms with E-state index in [0.29, 0.717) is 11.8 Å². The first-order valence-corrected chi connectivity index (χ1v) is 10.6. The maximum absolute atomic E-state index is 12.9. The summed E-state index contributed by atoms with van der Waals surface area (Å²) in [6.07, 6.45) is 0.917. The molecule has 2 heterocycles. The number of hydrogen-bond donors (Lipinski definition) is 0. The normalized spacial score (nSPS) is 11.2. The largest absolute Gasteiger partial charge is 0.385 e. The van der Waals surface area contributed by atoms with E-state index >= 15 is 0 Å². The van der Waals surface area contributed by atoms with Crippen molar-refractivity contribution in [3.05, 3.63) is 52.3 Å². The quantitative estimate of drug-likeness (QED) is 0.302. The predicted molar refractivity (Wildman–Crippen MR) is 114 cm³/mol. The lowest BCUT2D eigenvalue weighted by Crippen LogP contribution is -2.09. The third kappa shape index (κ3) is 4.76. The summed E-state index contributed by atoms with van der Waals surface area (Å²) in [6, 6.07) is 8.09. The minimum atomic E-state index is 0.0799. The summed E-state index contributed by atoms with van der Waals surface area (Å²) in [5, 5.41) is 12.6. The number of benzene rings is 1. The number of methoxy groups -OCH3 is 1. The maximum atomic E-state index is 12.9. The lowest BCUT2D eigenvalue weighted by molar-refractivity contribution is 0.102. The first-order chi connectivity index (χ1) is 13.9. The van der Waals surface area contributed by atoms with Crippen molar-refractivity contribution in [3.8, 4) is 5.69 Å². The van der Waals surface area contributed by atoms with Crippen molar-refractivity contribution in [3.63, 3.8) is 0 Å². The number of carbonyl (C=O) groups is 1. The van der Waals surface area contributed by atoms with Crippen LogP contribution >= 0.6 is 11.8 Å². The highest BCUT2D eigenvalue weighted by Gasteiger charge is 2.18. The molecule has 0 spiro atoms. The Morgan fingerprint density at radius 3 is 2.69 bits per heavy atom. The zero-order valence-electron chi connectivity index (χ0n) is 17.6. The first kappa shape index (κ1) is 21.3. The molecule has 0 radical (unpaired) electrons. The minimum absolute atomic E-state index is 0.0799. The summed E-state index contributed by atoms with van der Waals surface area (Å²) in [4.78, 5) is 12.9. The Morgan fingerprint density at radius 1 is 1.17 bits per heavy atom. The highest BCUT2D eigenvalue weighted by molar-refractivity contribution is 7.99. The second kappa shape index (κ2) is 9.37. The van der Waals surface area contributed by atoms with Crippen LogP contribution in [0.25, 0.3) is 5.69 Å². The van der Waals surface area contributed by atoms with Gasteiger partial charge in [0.2, 0.25) is 5.16 Å². The minimum Gasteiger partial charge on any atom is -0.385 e. The van der Waals surface area contributed by atoms with Gasteiger partial charge in [0.15, 0.2) is 5.78 Å². The predicted octanol–water partition coefficient (Wildman–Crippen LogP) is 3.71. The third-order valence-corrected chi connectivity index (χ3v) is 5.88. The van der Waals surface area contributed by atoms with Gasteiger partial charge < -0.3 is 9.30 Å². The van der Waals surface area contributed by atoms with Crippen LogP contribution in [0.2, 0.25) is 0 Å². The summed E-state index contributed by atoms with van der Waals surface area (Å²) in [5.74, 6) is 0.365. The molecule has 154 valence electrons. The molecule has 0 atom stereocenters. The van der Waals surface area contributed by atoms with Gasteiger partial charge in [-0.15, -0.1) is 5.10 Å². The zero-order chi connectivity index (χ0) is 21.0. The molecule has 0 bridgehead atoms. The molecular formula is C21H27N5O2S. The first-order valence-electron chi connectivity index (χ1n) is 9.60. The Labute approximate surface area is 175 Å². The van der Waals surface area contributed by atoms with Crippen LogP contribution in [0.4, 0.5) is 0 Å². The fraction of sp³-hybridized carbons (Fsp3) is 0.429. The molecule has 8 heteroatoms. The number of Topliss-reactive ketones (excluding diaryl/α,β-unsaturated/α-hetero) is 1. The molecule has 0 aliphatic heterocycles. The number of aromatic nitrogens is 5. The lowest BCUT2D eigenvalue weighted by atomic mass is 10.1. The molecule has 0 unspecified atom stereocenters. The molecule has 0 amide bonds. The number of tetrazole rings is 1. The molecule has 0 N–H and O–H groups in total. The molecule has 2 aromatic heterocycles. The van der Waals surface area contributed by atoms with Gasteiger partial charge in [0.05, 0.1) is 11.4 Å². The van der Waals surface area contributed by atoms with E-state index in [1.807, 2.05) is 39.0 Å². The Kier molecular flexibility index (Phi) is 6.87. The van der Waals surface area contributed by atoms with Gasteiger partial charge in [0.25, 0.3) is 0 Å². The number of aryl methyl sites for hydroxylation is 3. The molecule has 7 nitrogen and oxygen atoms in total. The Morgan fingerprint density at radius 2 is 1.97 bits per heavy atom. The van der Waals surface area contributed by atoms with Crippen molar-refractivity contribution in [1.82, 2.24) is 24.8 Å². The van der Waals surface area contributed by atoms with Crippen LogP contribution in [0.3, 0.4) is 0 Å². The second-order valence-electron chi connectivity index (χ2n) is 7.16. The topological polar surface area (TPSA) is 74.8 Å². The van der Waals surface area contributed by atoms with E-state index in [2.05, 4.69) is 33.1 Å². The Hall–Kier alpha value is -2.45. The Balaban J connectivity index is 1.73. The molecule has 0 saturated carbocycles. The van der Waals surface area contributed by atoms with E-state index in [-0.39, 0.29) is 11.5 Å². The van der Waals surface area contributed by atoms with Gasteiger partial charge in [-0.25, -0.2) is 0 Å². The molecule has 29 heavy (non-hydrogen) atoms. The van der Waals surface area contributed by atoms with Crippen LogP contribution in [0.1, 0.15) is 39.3 Å². The summed E-state index contributed by atoms with van der Waals surface area (Å²) < 4.78 is 9.01. The van der Waals surface area contributed by atoms with Crippen molar-refractivity contribution >= 4 is 17.5 Å². The van der Waals surface area contributed by atoms with Crippen LogP contribution in [-0.4, -0.2) is 50.0 Å². The van der Waals surface area contributed by atoms with Crippen molar-refractivity contribution in [2.45, 2.75) is 45.8 Å². The molecule has 3 aromatic rings. The van der Waals surface area contributed by atoms with Crippen LogP contribution in [0, 0.1) is 27.7 Å². The van der Waals surface area contributed by atoms with E-state index < -0.39 is 0 Å². The summed E-state index contributed by atoms with van der Waals surface area (Å²) in [7, 11) is 1.70. The molecule has 0 saturated heterocycles. The average molecular weight is 414 g/mol. The highest BCUT2D eigenvalue weighted by atomic mass is 32.2. The van der Waals surface area contributed by atoms with Crippen molar-refractivity contribution in [2.75, 3.05) is 19.5 Å². The van der Waals surface area contributed by atoms with Crippen LogP contribution in [0.15, 0.2) is 29.4 Å². The van der Waals surface area contributed by atoms with Gasteiger partial charge in [-0.1, -0.05) is 29.5 Å². The molecule has 0 fully saturated rings. The molecule has 1 aromatic carbocycles. The molecule has 3 rings (SSSR count). The van der Waals surface area contributed by atoms with E-state index in [1.54, 1.807) is 11.8 Å². The third-order valence-electron chi connectivity index (χ3n) is 4.96. The van der Waals surface area contributed by atoms with E-state index in [1.165, 1.54) is 17.3 Å². The van der Waals surface area contributed by atoms with Crippen molar-refractivity contribution in [1.29, 1.82) is 0 Å². The van der Waals surface area contributed by atoms with Gasteiger partial charge in [-0.3, -0.25) is 4.79 Å². The summed E-state index contributed by atoms with van der Waals surface area (Å²) in [6.45, 7) is 9.66. The number of nitrogens with zero attached hydrogens (tertiary/aromatic N) is 5. The van der Waals surface area contributed by atoms with Crippen LogP contribution in [-0.2, 0) is 11.3 Å². The fourth-order valence-electron chi connectivity index (χ4n) is 3.47. The zero-order valence-corrected chi connectivity index (χ0v) is 18.4. The van der Waals surface area contributed by atoms with Gasteiger partial charge in [-0.2, -0.15) is 4.68 Å². The van der Waals surface area contributed by atoms with Gasteiger partial charge in [0.1, 0.15) is 0 Å². The second-order valence-corrected chi connectivity index (χ2v) is 8.10. The standard InChI is InChI=1S/C21H27N5O2S/c1-14-7-8-19(15(2)11-14)26-21(22-23-24-26)29-13-20(27)18-12-16(3)25(17(18)4)9-6-10-28-5/h7-8,11-12H,6,9-10,13H2,1-5H3. The molecule has 0 aliphatic rings. The van der Waals surface area contributed by atoms with Crippen LogP contribution < -0.4 is 0 Å². The molecule has 0 aliphatic carbocycles. The Bertz CT molecular complexity index is 1010. The van der Waals surface area contributed by atoms with Gasteiger partial charge in [-0.05, 0) is 62.2 Å². The number of carbonyl (C=O) groups excluding carboxylic acids is 1. The fourth-order valence-corrected chi connectivity index (χ4v) is 4.23. The van der Waals surface area contributed by atoms with E-state index in [0.717, 1.165) is 41.2 Å². The van der Waals surface area contributed by atoms with Crippen LogP contribution in [0.5, 0.6) is 0 Å². The lowest BCUT2D eigenvalue weighted by Gasteiger charge is -2.09. The van der Waals surface area contributed by atoms with E-state index in [4.69, 9.17) is 4.74 Å². The summed E-state index contributed by atoms with van der Waals surface area (Å²) >= 11 is 1.36. The smallest absolute Gasteiger partial charge is 0.214 e. The van der Waals surface area contributed by atoms with Crippen molar-refractivity contribution in [2.24, 2.45) is 0 Å². The number of ketones is 1. The monoisotopic (exact) mass is 413 g/mol. The number of thioether (sulfide) groups is 1. The average Bonchev–Trinajstić information content (AvgIpc) is 3.25.